The molecule has 0 N–H and O–H groups in total. The number of rotatable bonds is 6. The Labute approximate surface area is 140 Å². The third-order valence-corrected chi connectivity index (χ3v) is 3.78. The van der Waals surface area contributed by atoms with Crippen LogP contribution in [-0.4, -0.2) is 32.8 Å². The predicted octanol–water partition coefficient (Wildman–Crippen LogP) is 3.23. The van der Waals surface area contributed by atoms with Crippen molar-refractivity contribution in [3.63, 3.8) is 0 Å². The number of hydrogen-bond acceptors (Lipinski definition) is 4. The highest BCUT2D eigenvalue weighted by atomic mass is 16.5. The van der Waals surface area contributed by atoms with Gasteiger partial charge in [0, 0.05) is 17.9 Å². The van der Waals surface area contributed by atoms with Crippen molar-refractivity contribution in [2.75, 3.05) is 14.2 Å². The summed E-state index contributed by atoms with van der Waals surface area (Å²) in [7, 11) is 2.87. The van der Waals surface area contributed by atoms with Crippen molar-refractivity contribution < 1.29 is 19.1 Å². The second-order valence-corrected chi connectivity index (χ2v) is 5.17. The minimum absolute atomic E-state index is 0.133. The summed E-state index contributed by atoms with van der Waals surface area (Å²) in [5.74, 6) is -0.481. The molecular weight excluding hydrogens is 306 g/mol. The summed E-state index contributed by atoms with van der Waals surface area (Å²) in [6, 6.07) is 14.5. The van der Waals surface area contributed by atoms with E-state index >= 15 is 0 Å². The van der Waals surface area contributed by atoms with Crippen LogP contribution in [0.1, 0.15) is 33.8 Å². The van der Waals surface area contributed by atoms with E-state index in [9.17, 15) is 9.59 Å². The Morgan fingerprint density at radius 1 is 1.12 bits per heavy atom. The fraction of sp³-hybridized carbons (Fsp3) is 0.211. The average molecular weight is 325 g/mol. The number of esters is 1. The molecule has 5 nitrogen and oxygen atoms in total. The van der Waals surface area contributed by atoms with Crippen molar-refractivity contribution in [2.45, 2.75) is 12.3 Å². The summed E-state index contributed by atoms with van der Waals surface area (Å²) in [6.07, 6.45) is 0.133. The zero-order valence-corrected chi connectivity index (χ0v) is 13.7. The first-order valence-electron chi connectivity index (χ1n) is 7.41. The third kappa shape index (κ3) is 3.87. The first-order valence-corrected chi connectivity index (χ1v) is 7.41. The van der Waals surface area contributed by atoms with Gasteiger partial charge in [0.15, 0.2) is 0 Å². The third-order valence-electron chi connectivity index (χ3n) is 3.78. The van der Waals surface area contributed by atoms with Gasteiger partial charge in [0.25, 0.3) is 0 Å². The van der Waals surface area contributed by atoms with Crippen LogP contribution < -0.4 is 4.74 Å². The number of aliphatic imine (C=N–C) groups is 1. The van der Waals surface area contributed by atoms with E-state index in [4.69, 9.17) is 9.47 Å². The fourth-order valence-corrected chi connectivity index (χ4v) is 2.58. The quantitative estimate of drug-likeness (QED) is 0.604. The molecule has 1 unspecified atom stereocenters. The van der Waals surface area contributed by atoms with Crippen LogP contribution in [0.4, 0.5) is 0 Å². The molecule has 0 aromatic heterocycles. The van der Waals surface area contributed by atoms with Crippen LogP contribution in [0, 0.1) is 0 Å². The smallest absolute Gasteiger partial charge is 0.337 e. The van der Waals surface area contributed by atoms with Crippen LogP contribution >= 0.6 is 0 Å². The molecule has 0 aliphatic heterocycles. The summed E-state index contributed by atoms with van der Waals surface area (Å²) >= 11 is 0. The molecular formula is C19H19NO4. The van der Waals surface area contributed by atoms with Crippen LogP contribution in [-0.2, 0) is 9.53 Å². The number of nitrogens with zero attached hydrogens (tertiary/aromatic N) is 1. The van der Waals surface area contributed by atoms with Crippen LogP contribution in [0.5, 0.6) is 5.75 Å². The van der Waals surface area contributed by atoms with Gasteiger partial charge >= 0.3 is 5.97 Å². The normalized spacial score (nSPS) is 11.4. The van der Waals surface area contributed by atoms with Crippen molar-refractivity contribution in [1.29, 1.82) is 0 Å². The van der Waals surface area contributed by atoms with Gasteiger partial charge in [0.1, 0.15) is 5.75 Å². The lowest BCUT2D eigenvalue weighted by atomic mass is 9.87. The molecule has 2 rings (SSSR count). The highest BCUT2D eigenvalue weighted by Crippen LogP contribution is 2.35. The number of benzene rings is 2. The lowest BCUT2D eigenvalue weighted by molar-refractivity contribution is -0.117. The summed E-state index contributed by atoms with van der Waals surface area (Å²) < 4.78 is 10.2. The van der Waals surface area contributed by atoms with E-state index < -0.39 is 5.97 Å². The molecule has 24 heavy (non-hydrogen) atoms. The SMILES string of the molecule is C=NC(=O)CC(c1ccccc1)c1cc(C(=O)OC)ccc1OC. The maximum absolute atomic E-state index is 11.9. The number of hydrogen-bond donors (Lipinski definition) is 0. The van der Waals surface area contributed by atoms with Crippen molar-refractivity contribution in [1.82, 2.24) is 0 Å². The molecule has 5 heteroatoms. The molecule has 0 fully saturated rings. The van der Waals surface area contributed by atoms with Gasteiger partial charge in [0.2, 0.25) is 5.91 Å². The Morgan fingerprint density at radius 3 is 2.42 bits per heavy atom. The maximum Gasteiger partial charge on any atom is 0.337 e. The van der Waals surface area contributed by atoms with E-state index in [0.29, 0.717) is 11.3 Å². The minimum Gasteiger partial charge on any atom is -0.496 e. The predicted molar refractivity (Wildman–Crippen MR) is 91.8 cm³/mol. The molecule has 0 aliphatic carbocycles. The van der Waals surface area contributed by atoms with Crippen LogP contribution in [0.15, 0.2) is 53.5 Å². The van der Waals surface area contributed by atoms with E-state index in [1.54, 1.807) is 25.3 Å². The van der Waals surface area contributed by atoms with Crippen molar-refractivity contribution in [3.05, 3.63) is 65.2 Å². The molecule has 1 amide bonds. The Bertz CT molecular complexity index is 740. The zero-order chi connectivity index (χ0) is 17.5. The van der Waals surface area contributed by atoms with Crippen molar-refractivity contribution >= 4 is 18.6 Å². The molecule has 0 saturated heterocycles. The van der Waals surface area contributed by atoms with E-state index in [-0.39, 0.29) is 18.2 Å². The standard InChI is InChI=1S/C19H19NO4/c1-20-18(21)12-15(13-7-5-4-6-8-13)16-11-14(19(22)24-3)9-10-17(16)23-2/h4-11,15H,1,12H2,2-3H3. The van der Waals surface area contributed by atoms with Crippen molar-refractivity contribution in [3.8, 4) is 5.75 Å². The van der Waals surface area contributed by atoms with Crippen LogP contribution in [0.3, 0.4) is 0 Å². The minimum atomic E-state index is -0.445. The number of carbonyl (C=O) groups is 2. The second kappa shape index (κ2) is 8.06. The zero-order valence-electron chi connectivity index (χ0n) is 13.7. The van der Waals surface area contributed by atoms with Crippen LogP contribution in [0.2, 0.25) is 0 Å². The lowest BCUT2D eigenvalue weighted by Crippen LogP contribution is -2.10. The Kier molecular flexibility index (Phi) is 5.84. The van der Waals surface area contributed by atoms with Gasteiger partial charge in [-0.3, -0.25) is 4.79 Å². The monoisotopic (exact) mass is 325 g/mol. The molecule has 0 saturated carbocycles. The van der Waals surface area contributed by atoms with Crippen molar-refractivity contribution in [2.24, 2.45) is 4.99 Å². The number of amides is 1. The lowest BCUT2D eigenvalue weighted by Gasteiger charge is -2.20. The summed E-state index contributed by atoms with van der Waals surface area (Å²) in [5.41, 5.74) is 2.05. The summed E-state index contributed by atoms with van der Waals surface area (Å²) in [6.45, 7) is 3.30. The highest BCUT2D eigenvalue weighted by molar-refractivity contribution is 5.90. The van der Waals surface area contributed by atoms with Gasteiger partial charge in [-0.2, -0.15) is 0 Å². The molecule has 1 atom stereocenters. The van der Waals surface area contributed by atoms with E-state index in [0.717, 1.165) is 11.1 Å². The molecule has 2 aromatic carbocycles. The van der Waals surface area contributed by atoms with E-state index in [2.05, 4.69) is 11.7 Å². The number of carbonyl (C=O) groups excluding carboxylic acids is 2. The van der Waals surface area contributed by atoms with Gasteiger partial charge in [-0.05, 0) is 30.5 Å². The van der Waals surface area contributed by atoms with E-state index in [1.165, 1.54) is 7.11 Å². The fourth-order valence-electron chi connectivity index (χ4n) is 2.58. The van der Waals surface area contributed by atoms with Gasteiger partial charge in [-0.25, -0.2) is 9.79 Å². The largest absolute Gasteiger partial charge is 0.496 e. The molecule has 0 spiro atoms. The molecule has 2 aromatic rings. The molecule has 0 aliphatic rings. The first-order chi connectivity index (χ1) is 11.6. The number of ether oxygens (including phenoxy) is 2. The summed E-state index contributed by atoms with van der Waals surface area (Å²) in [4.78, 5) is 27.2. The van der Waals surface area contributed by atoms with Crippen LogP contribution in [0.25, 0.3) is 0 Å². The Balaban J connectivity index is 2.57. The highest BCUT2D eigenvalue weighted by Gasteiger charge is 2.23. The van der Waals surface area contributed by atoms with E-state index in [1.807, 2.05) is 30.3 Å². The molecule has 0 radical (unpaired) electrons. The Hall–Kier alpha value is -2.95. The summed E-state index contributed by atoms with van der Waals surface area (Å²) in [5, 5.41) is 0. The number of methoxy groups -OCH3 is 2. The topological polar surface area (TPSA) is 65.0 Å². The molecule has 0 bridgehead atoms. The van der Waals surface area contributed by atoms with Gasteiger partial charge < -0.3 is 9.47 Å². The van der Waals surface area contributed by atoms with Gasteiger partial charge in [-0.1, -0.05) is 30.3 Å². The van der Waals surface area contributed by atoms with Gasteiger partial charge in [0.05, 0.1) is 19.8 Å². The maximum atomic E-state index is 11.9. The molecule has 124 valence electrons. The first kappa shape index (κ1) is 17.4. The second-order valence-electron chi connectivity index (χ2n) is 5.17. The van der Waals surface area contributed by atoms with Gasteiger partial charge in [-0.15, -0.1) is 0 Å². The molecule has 0 heterocycles. The average Bonchev–Trinajstić information content (AvgIpc) is 2.65. The Morgan fingerprint density at radius 2 is 1.83 bits per heavy atom.